The molecule has 0 saturated carbocycles. The van der Waals surface area contributed by atoms with Gasteiger partial charge in [0.05, 0.1) is 0 Å². The fourth-order valence-electron chi connectivity index (χ4n) is 1.33. The largest absolute Gasteiger partial charge is 0.507 e. The molecule has 0 fully saturated rings. The van der Waals surface area contributed by atoms with Gasteiger partial charge in [-0.1, -0.05) is 15.9 Å². The number of aliphatic hydroxyl groups excluding tert-OH is 1. The molecule has 0 spiro atoms. The van der Waals surface area contributed by atoms with Crippen molar-refractivity contribution in [2.75, 3.05) is 0 Å². The van der Waals surface area contributed by atoms with E-state index in [1.165, 1.54) is 6.07 Å². The number of aliphatic hydroxyl groups is 1. The quantitative estimate of drug-likeness (QED) is 0.569. The van der Waals surface area contributed by atoms with Gasteiger partial charge in [-0.05, 0) is 18.2 Å². The third-order valence-electron chi connectivity index (χ3n) is 1.99. The van der Waals surface area contributed by atoms with Crippen molar-refractivity contribution in [2.24, 2.45) is 0 Å². The van der Waals surface area contributed by atoms with Crippen molar-refractivity contribution in [3.63, 3.8) is 0 Å². The molecule has 0 bridgehead atoms. The van der Waals surface area contributed by atoms with Crippen molar-refractivity contribution in [3.05, 3.63) is 39.9 Å². The minimum atomic E-state index is -0.683. The topological polar surface area (TPSA) is 54.4 Å². The molecule has 15 heavy (non-hydrogen) atoms. The van der Waals surface area contributed by atoms with Crippen molar-refractivity contribution >= 4 is 33.3 Å². The Bertz CT molecular complexity index is 480. The van der Waals surface area contributed by atoms with Gasteiger partial charge in [0.15, 0.2) is 0 Å². The third kappa shape index (κ3) is 2.13. The predicted octanol–water partition coefficient (Wildman–Crippen LogP) is 2.11. The van der Waals surface area contributed by atoms with E-state index in [0.717, 1.165) is 10.5 Å². The molecule has 0 aromatic heterocycles. The molecule has 3 nitrogen and oxygen atoms in total. The predicted molar refractivity (Wildman–Crippen MR) is 54.1 cm³/mol. The van der Waals surface area contributed by atoms with Crippen LogP contribution in [0.25, 0.3) is 5.76 Å². The average Bonchev–Trinajstić information content (AvgIpc) is 2.14. The van der Waals surface area contributed by atoms with E-state index < -0.39 is 11.6 Å². The first-order valence-electron chi connectivity index (χ1n) is 3.89. The maximum atomic E-state index is 11.4. The number of rotatable bonds is 0. The summed E-state index contributed by atoms with van der Waals surface area (Å²) >= 11 is 3.22. The molecule has 0 atom stereocenters. The minimum Gasteiger partial charge on any atom is -0.507 e. The molecule has 1 aliphatic carbocycles. The molecule has 2 rings (SSSR count). The summed E-state index contributed by atoms with van der Waals surface area (Å²) in [6.45, 7) is 0. The van der Waals surface area contributed by atoms with Crippen molar-refractivity contribution in [3.8, 4) is 0 Å². The number of ketones is 2. The molecule has 0 amide bonds. The molecule has 1 aromatic rings. The SMILES string of the molecule is O=C1C=C(O)c2cc(Br)ccc2C1=O.[Ag]. The second-order valence-electron chi connectivity index (χ2n) is 2.91. The normalized spacial score (nSPS) is 14.1. The first kappa shape index (κ1) is 12.4. The van der Waals surface area contributed by atoms with E-state index in [9.17, 15) is 14.7 Å². The van der Waals surface area contributed by atoms with Crippen LogP contribution >= 0.6 is 15.9 Å². The Kier molecular flexibility index (Phi) is 3.67. The molecule has 1 aromatic carbocycles. The van der Waals surface area contributed by atoms with E-state index in [4.69, 9.17) is 0 Å². The number of hydrogen-bond acceptors (Lipinski definition) is 3. The van der Waals surface area contributed by atoms with Crippen LogP contribution in [0.5, 0.6) is 0 Å². The Labute approximate surface area is 110 Å². The molecule has 0 aliphatic heterocycles. The molecular weight excluding hydrogens is 356 g/mol. The molecule has 1 N–H and O–H groups in total. The van der Waals surface area contributed by atoms with Gasteiger partial charge in [-0.2, -0.15) is 0 Å². The Morgan fingerprint density at radius 2 is 1.80 bits per heavy atom. The number of carbonyl (C=O) groups is 2. The smallest absolute Gasteiger partial charge is 0.233 e. The summed E-state index contributed by atoms with van der Waals surface area (Å²) in [5.74, 6) is -1.42. The van der Waals surface area contributed by atoms with Crippen molar-refractivity contribution in [1.82, 2.24) is 0 Å². The fourth-order valence-corrected chi connectivity index (χ4v) is 1.69. The molecule has 1 aliphatic rings. The number of allylic oxidation sites excluding steroid dienone is 1. The van der Waals surface area contributed by atoms with Gasteiger partial charge in [0.1, 0.15) is 5.76 Å². The van der Waals surface area contributed by atoms with Gasteiger partial charge < -0.3 is 5.11 Å². The van der Waals surface area contributed by atoms with Crippen molar-refractivity contribution < 1.29 is 37.1 Å². The van der Waals surface area contributed by atoms with Gasteiger partial charge in [0, 0.05) is 44.1 Å². The number of carbonyl (C=O) groups excluding carboxylic acids is 2. The first-order chi connectivity index (χ1) is 6.59. The van der Waals surface area contributed by atoms with Gasteiger partial charge in [0.2, 0.25) is 11.6 Å². The van der Waals surface area contributed by atoms with Crippen molar-refractivity contribution in [2.45, 2.75) is 0 Å². The van der Waals surface area contributed by atoms with Gasteiger partial charge >= 0.3 is 0 Å². The summed E-state index contributed by atoms with van der Waals surface area (Å²) in [6, 6.07) is 4.77. The van der Waals surface area contributed by atoms with E-state index in [2.05, 4.69) is 15.9 Å². The van der Waals surface area contributed by atoms with Crippen molar-refractivity contribution in [1.29, 1.82) is 0 Å². The van der Waals surface area contributed by atoms with Crippen LogP contribution in [0.2, 0.25) is 0 Å². The zero-order chi connectivity index (χ0) is 10.3. The molecule has 81 valence electrons. The van der Waals surface area contributed by atoms with Gasteiger partial charge in [-0.15, -0.1) is 0 Å². The Balaban J connectivity index is 0.00000112. The van der Waals surface area contributed by atoms with Gasteiger partial charge in [0.25, 0.3) is 0 Å². The summed E-state index contributed by atoms with van der Waals surface area (Å²) in [4.78, 5) is 22.4. The van der Waals surface area contributed by atoms with Crippen LogP contribution in [0.3, 0.4) is 0 Å². The third-order valence-corrected chi connectivity index (χ3v) is 2.49. The number of fused-ring (bicyclic) bond motifs is 1. The zero-order valence-corrected chi connectivity index (χ0v) is 10.3. The second kappa shape index (κ2) is 4.45. The average molecular weight is 361 g/mol. The van der Waals surface area contributed by atoms with Crippen LogP contribution < -0.4 is 0 Å². The molecule has 5 heteroatoms. The summed E-state index contributed by atoms with van der Waals surface area (Å²) in [5.41, 5.74) is 0.641. The second-order valence-corrected chi connectivity index (χ2v) is 3.83. The van der Waals surface area contributed by atoms with E-state index in [1.54, 1.807) is 12.1 Å². The Morgan fingerprint density at radius 1 is 1.13 bits per heavy atom. The zero-order valence-electron chi connectivity index (χ0n) is 7.25. The molecule has 1 radical (unpaired) electrons. The van der Waals surface area contributed by atoms with Crippen LogP contribution in [0, 0.1) is 0 Å². The summed E-state index contributed by atoms with van der Waals surface area (Å²) < 4.78 is 0.748. The first-order valence-corrected chi connectivity index (χ1v) is 4.68. The van der Waals surface area contributed by atoms with E-state index >= 15 is 0 Å². The Hall–Kier alpha value is -0.680. The van der Waals surface area contributed by atoms with Crippen LogP contribution in [0.1, 0.15) is 15.9 Å². The number of Topliss-reactive ketones (excluding diaryl/α,β-unsaturated/α-hetero) is 1. The molecule has 0 saturated heterocycles. The summed E-state index contributed by atoms with van der Waals surface area (Å²) in [6.07, 6.45) is 0.942. The molecular formula is C10H5AgBrO3. The van der Waals surface area contributed by atoms with Gasteiger partial charge in [-0.25, -0.2) is 0 Å². The number of halogens is 1. The maximum absolute atomic E-state index is 11.4. The fraction of sp³-hybridized carbons (Fsp3) is 0. The van der Waals surface area contributed by atoms with E-state index in [1.807, 2.05) is 0 Å². The monoisotopic (exact) mass is 359 g/mol. The molecule has 0 heterocycles. The molecule has 0 unspecified atom stereocenters. The van der Waals surface area contributed by atoms with E-state index in [0.29, 0.717) is 5.56 Å². The minimum absolute atomic E-state index is 0. The Morgan fingerprint density at radius 3 is 2.47 bits per heavy atom. The van der Waals surface area contributed by atoms with E-state index in [-0.39, 0.29) is 33.7 Å². The van der Waals surface area contributed by atoms with Crippen LogP contribution in [-0.2, 0) is 27.2 Å². The standard InChI is InChI=1S/C10H5BrO3.Ag/c11-5-1-2-6-7(3-5)8(12)4-9(13)10(6)14;/h1-4,12H;. The van der Waals surface area contributed by atoms with Crippen LogP contribution in [0.4, 0.5) is 0 Å². The van der Waals surface area contributed by atoms with Crippen LogP contribution in [-0.4, -0.2) is 16.7 Å². The van der Waals surface area contributed by atoms with Crippen LogP contribution in [0.15, 0.2) is 28.7 Å². The van der Waals surface area contributed by atoms with Gasteiger partial charge in [-0.3, -0.25) is 9.59 Å². The number of hydrogen-bond donors (Lipinski definition) is 1. The maximum Gasteiger partial charge on any atom is 0.233 e. The number of benzene rings is 1. The summed E-state index contributed by atoms with van der Waals surface area (Å²) in [7, 11) is 0. The summed E-state index contributed by atoms with van der Waals surface area (Å²) in [5, 5.41) is 9.44.